The molecule has 1 aliphatic heterocycles. The van der Waals surface area contributed by atoms with E-state index in [9.17, 15) is 9.18 Å². The van der Waals surface area contributed by atoms with Crippen molar-refractivity contribution in [2.24, 2.45) is 5.73 Å². The van der Waals surface area contributed by atoms with Crippen molar-refractivity contribution >= 4 is 17.7 Å². The van der Waals surface area contributed by atoms with Crippen molar-refractivity contribution in [1.29, 1.82) is 0 Å². The number of nitrogens with two attached hydrogens (primary N) is 1. The first-order valence-corrected chi connectivity index (χ1v) is 9.30. The van der Waals surface area contributed by atoms with E-state index in [1.807, 2.05) is 10.6 Å². The number of rotatable bonds is 8. The molecule has 2 N–H and O–H groups in total. The molecule has 3 rings (SSSR count). The Hall–Kier alpha value is -1.93. The Labute approximate surface area is 149 Å². The van der Waals surface area contributed by atoms with Crippen molar-refractivity contribution in [2.45, 2.75) is 49.2 Å². The van der Waals surface area contributed by atoms with Crippen molar-refractivity contribution in [3.63, 3.8) is 0 Å². The summed E-state index contributed by atoms with van der Waals surface area (Å²) in [7, 11) is 0. The zero-order valence-corrected chi connectivity index (χ0v) is 14.7. The number of nitrogens with zero attached hydrogens (tertiary/aromatic N) is 3. The lowest BCUT2D eigenvalue weighted by molar-refractivity contribution is -0.118. The molecule has 25 heavy (non-hydrogen) atoms. The van der Waals surface area contributed by atoms with Crippen LogP contribution in [0.2, 0.25) is 0 Å². The molecule has 0 saturated carbocycles. The van der Waals surface area contributed by atoms with Crippen LogP contribution in [0.15, 0.2) is 29.4 Å². The van der Waals surface area contributed by atoms with Gasteiger partial charge in [0, 0.05) is 25.2 Å². The lowest BCUT2D eigenvalue weighted by Crippen LogP contribution is -2.19. The van der Waals surface area contributed by atoms with Crippen LogP contribution in [0.25, 0.3) is 0 Å². The average Bonchev–Trinajstić information content (AvgIpc) is 3.23. The molecule has 0 aliphatic carbocycles. The molecule has 6 nitrogen and oxygen atoms in total. The predicted octanol–water partition coefficient (Wildman–Crippen LogP) is 2.31. The molecule has 1 fully saturated rings. The van der Waals surface area contributed by atoms with Crippen molar-refractivity contribution in [3.05, 3.63) is 41.5 Å². The average molecular weight is 364 g/mol. The molecule has 1 atom stereocenters. The van der Waals surface area contributed by atoms with Gasteiger partial charge in [-0.15, -0.1) is 10.2 Å². The fraction of sp³-hybridized carbons (Fsp3) is 0.471. The van der Waals surface area contributed by atoms with Crippen LogP contribution in [0, 0.1) is 5.82 Å². The van der Waals surface area contributed by atoms with Gasteiger partial charge in [0.1, 0.15) is 11.6 Å². The van der Waals surface area contributed by atoms with E-state index in [1.165, 1.54) is 17.8 Å². The van der Waals surface area contributed by atoms with Crippen LogP contribution in [0.1, 0.15) is 30.7 Å². The molecule has 1 aromatic carbocycles. The third-order valence-corrected chi connectivity index (χ3v) is 5.13. The highest BCUT2D eigenvalue weighted by Gasteiger charge is 2.21. The predicted molar refractivity (Wildman–Crippen MR) is 92.5 cm³/mol. The molecule has 1 amide bonds. The number of primary amides is 1. The summed E-state index contributed by atoms with van der Waals surface area (Å²) < 4.78 is 21.5. The van der Waals surface area contributed by atoms with Gasteiger partial charge in [-0.1, -0.05) is 30.0 Å². The normalized spacial score (nSPS) is 17.1. The summed E-state index contributed by atoms with van der Waals surface area (Å²) in [5.41, 5.74) is 5.87. The Balaban J connectivity index is 1.74. The molecule has 8 heteroatoms. The number of aromatic nitrogens is 3. The van der Waals surface area contributed by atoms with E-state index >= 15 is 0 Å². The van der Waals surface area contributed by atoms with Crippen LogP contribution < -0.4 is 5.73 Å². The van der Waals surface area contributed by atoms with Gasteiger partial charge in [-0.2, -0.15) is 0 Å². The summed E-state index contributed by atoms with van der Waals surface area (Å²) in [6.07, 6.45) is 2.82. The zero-order valence-electron chi connectivity index (χ0n) is 13.9. The Morgan fingerprint density at radius 3 is 2.96 bits per heavy atom. The van der Waals surface area contributed by atoms with E-state index in [-0.39, 0.29) is 24.2 Å². The molecule has 2 aromatic rings. The fourth-order valence-electron chi connectivity index (χ4n) is 2.78. The smallest absolute Gasteiger partial charge is 0.217 e. The Morgan fingerprint density at radius 1 is 1.40 bits per heavy atom. The fourth-order valence-corrected chi connectivity index (χ4v) is 3.73. The maximum Gasteiger partial charge on any atom is 0.217 e. The monoisotopic (exact) mass is 364 g/mol. The maximum atomic E-state index is 13.8. The van der Waals surface area contributed by atoms with E-state index in [2.05, 4.69) is 10.2 Å². The molecule has 1 unspecified atom stereocenters. The van der Waals surface area contributed by atoms with Crippen LogP contribution >= 0.6 is 11.8 Å². The van der Waals surface area contributed by atoms with Crippen molar-refractivity contribution in [3.8, 4) is 0 Å². The molecule has 1 saturated heterocycles. The Kier molecular flexibility index (Phi) is 6.04. The van der Waals surface area contributed by atoms with Crippen molar-refractivity contribution < 1.29 is 13.9 Å². The van der Waals surface area contributed by atoms with Gasteiger partial charge in [-0.3, -0.25) is 4.79 Å². The lowest BCUT2D eigenvalue weighted by Gasteiger charge is -2.14. The van der Waals surface area contributed by atoms with E-state index in [1.54, 1.807) is 12.1 Å². The highest BCUT2D eigenvalue weighted by molar-refractivity contribution is 7.98. The number of ether oxygens (including phenoxy) is 1. The number of carbonyl (C=O) groups excluding carboxylic acids is 1. The third-order valence-electron chi connectivity index (χ3n) is 4.11. The van der Waals surface area contributed by atoms with Gasteiger partial charge in [0.2, 0.25) is 5.91 Å². The highest BCUT2D eigenvalue weighted by Crippen LogP contribution is 2.25. The molecule has 0 radical (unpaired) electrons. The molecular formula is C17H21FN4O2S. The van der Waals surface area contributed by atoms with Crippen LogP contribution in [-0.2, 0) is 28.2 Å². The SMILES string of the molecule is NC(=O)CCc1nnc(SCc2ccccc2F)n1CC1CCCO1. The number of hydrogen-bond acceptors (Lipinski definition) is 5. The van der Waals surface area contributed by atoms with Gasteiger partial charge in [-0.25, -0.2) is 4.39 Å². The summed E-state index contributed by atoms with van der Waals surface area (Å²) in [6, 6.07) is 6.70. The summed E-state index contributed by atoms with van der Waals surface area (Å²) in [5.74, 6) is 0.582. The Morgan fingerprint density at radius 2 is 2.24 bits per heavy atom. The van der Waals surface area contributed by atoms with Gasteiger partial charge in [-0.05, 0) is 24.5 Å². The van der Waals surface area contributed by atoms with Crippen molar-refractivity contribution in [1.82, 2.24) is 14.8 Å². The van der Waals surface area contributed by atoms with Crippen molar-refractivity contribution in [2.75, 3.05) is 6.61 Å². The van der Waals surface area contributed by atoms with E-state index in [0.29, 0.717) is 35.3 Å². The standard InChI is InChI=1S/C17H21FN4O2S/c18-14-6-2-1-4-12(14)11-25-17-21-20-16(8-7-15(19)23)22(17)10-13-5-3-9-24-13/h1-2,4,6,13H,3,5,7-11H2,(H2,19,23). The molecule has 134 valence electrons. The number of benzene rings is 1. The highest BCUT2D eigenvalue weighted by atomic mass is 32.2. The van der Waals surface area contributed by atoms with Crippen LogP contribution in [0.3, 0.4) is 0 Å². The summed E-state index contributed by atoms with van der Waals surface area (Å²) in [4.78, 5) is 11.1. The second kappa shape index (κ2) is 8.44. The first-order valence-electron chi connectivity index (χ1n) is 8.31. The quantitative estimate of drug-likeness (QED) is 0.727. The number of aryl methyl sites for hydroxylation is 1. The zero-order chi connectivity index (χ0) is 17.6. The largest absolute Gasteiger partial charge is 0.376 e. The van der Waals surface area contributed by atoms with Crippen LogP contribution in [0.4, 0.5) is 4.39 Å². The third kappa shape index (κ3) is 4.79. The summed E-state index contributed by atoms with van der Waals surface area (Å²) in [5, 5.41) is 9.13. The number of carbonyl (C=O) groups is 1. The minimum atomic E-state index is -0.368. The van der Waals surface area contributed by atoms with Crippen LogP contribution in [0.5, 0.6) is 0 Å². The van der Waals surface area contributed by atoms with Gasteiger partial charge in [0.25, 0.3) is 0 Å². The number of hydrogen-bond donors (Lipinski definition) is 1. The first-order chi connectivity index (χ1) is 12.1. The lowest BCUT2D eigenvalue weighted by atomic mass is 10.2. The Bertz CT molecular complexity index is 731. The van der Waals surface area contributed by atoms with E-state index < -0.39 is 0 Å². The van der Waals surface area contributed by atoms with Gasteiger partial charge in [0.05, 0.1) is 12.6 Å². The minimum Gasteiger partial charge on any atom is -0.376 e. The molecule has 0 spiro atoms. The van der Waals surface area contributed by atoms with Gasteiger partial charge in [0.15, 0.2) is 5.16 Å². The first kappa shape index (κ1) is 17.9. The molecular weight excluding hydrogens is 343 g/mol. The van der Waals surface area contributed by atoms with E-state index in [0.717, 1.165) is 19.4 Å². The molecule has 1 aromatic heterocycles. The molecule has 1 aliphatic rings. The number of amides is 1. The van der Waals surface area contributed by atoms with Crippen LogP contribution in [-0.4, -0.2) is 33.4 Å². The van der Waals surface area contributed by atoms with Gasteiger partial charge >= 0.3 is 0 Å². The van der Waals surface area contributed by atoms with E-state index in [4.69, 9.17) is 10.5 Å². The topological polar surface area (TPSA) is 83.0 Å². The number of halogens is 1. The summed E-state index contributed by atoms with van der Waals surface area (Å²) in [6.45, 7) is 1.40. The summed E-state index contributed by atoms with van der Waals surface area (Å²) >= 11 is 1.43. The molecule has 0 bridgehead atoms. The second-order valence-corrected chi connectivity index (χ2v) is 6.93. The maximum absolute atomic E-state index is 13.8. The number of thioether (sulfide) groups is 1. The second-order valence-electron chi connectivity index (χ2n) is 5.99. The minimum absolute atomic E-state index is 0.121. The van der Waals surface area contributed by atoms with Gasteiger partial charge < -0.3 is 15.0 Å². The molecule has 2 heterocycles.